The molecule has 0 aromatic carbocycles. The van der Waals surface area contributed by atoms with E-state index in [9.17, 15) is 9.59 Å². The van der Waals surface area contributed by atoms with Crippen LogP contribution in [0.1, 0.15) is 53.9 Å². The minimum Gasteiger partial charge on any atom is -0.372 e. The van der Waals surface area contributed by atoms with Crippen molar-refractivity contribution in [2.45, 2.75) is 66.1 Å². The first-order chi connectivity index (χ1) is 10.3. The van der Waals surface area contributed by atoms with Gasteiger partial charge in [-0.15, -0.1) is 0 Å². The Morgan fingerprint density at radius 3 is 2.50 bits per heavy atom. The van der Waals surface area contributed by atoms with Crippen LogP contribution in [0, 0.1) is 5.92 Å². The van der Waals surface area contributed by atoms with Gasteiger partial charge in [0.15, 0.2) is 0 Å². The van der Waals surface area contributed by atoms with Crippen LogP contribution in [0.5, 0.6) is 0 Å². The van der Waals surface area contributed by atoms with Crippen molar-refractivity contribution >= 4 is 21.3 Å². The number of hydrogen-bond donors (Lipinski definition) is 1. The summed E-state index contributed by atoms with van der Waals surface area (Å²) in [7, 11) is 2.28. The van der Waals surface area contributed by atoms with Crippen LogP contribution in [-0.2, 0) is 18.8 Å². The van der Waals surface area contributed by atoms with Crippen LogP contribution < -0.4 is 5.32 Å². The molecule has 2 amide bonds. The van der Waals surface area contributed by atoms with Crippen molar-refractivity contribution in [2.24, 2.45) is 5.92 Å². The number of imide groups is 1. The molecule has 128 valence electrons. The number of carbonyl (C=O) groups is 2. The highest BCUT2D eigenvalue weighted by atomic mass is 31.0. The van der Waals surface area contributed by atoms with Gasteiger partial charge in [0, 0.05) is 22.0 Å². The number of nitrogens with one attached hydrogen (secondary N) is 1. The average Bonchev–Trinajstić information content (AvgIpc) is 2.94. The molecule has 0 aliphatic carbocycles. The minimum atomic E-state index is -0.328. The molecule has 4 atom stereocenters. The Bertz CT molecular complexity index is 384. The van der Waals surface area contributed by atoms with Crippen LogP contribution in [0.15, 0.2) is 11.6 Å². The van der Waals surface area contributed by atoms with Gasteiger partial charge in [-0.05, 0) is 32.6 Å². The molecule has 1 rings (SSSR count). The molecule has 5 nitrogen and oxygen atoms in total. The van der Waals surface area contributed by atoms with E-state index in [0.29, 0.717) is 23.7 Å². The van der Waals surface area contributed by atoms with Crippen molar-refractivity contribution in [3.63, 3.8) is 0 Å². The first kappa shape index (κ1) is 21.2. The van der Waals surface area contributed by atoms with E-state index in [1.165, 1.54) is 19.8 Å². The molecule has 22 heavy (non-hydrogen) atoms. The average molecular weight is 331 g/mol. The minimum absolute atomic E-state index is 0.324. The van der Waals surface area contributed by atoms with E-state index < -0.39 is 0 Å². The summed E-state index contributed by atoms with van der Waals surface area (Å²) in [5.74, 6) is 0.0423. The summed E-state index contributed by atoms with van der Waals surface area (Å²) < 4.78 is 10.8. The normalized spacial score (nSPS) is 22.5. The number of carbonyl (C=O) groups excluding carboxylic acids is 2. The molecular formula is C16H30NO4P. The third-order valence-corrected chi connectivity index (χ3v) is 3.97. The smallest absolute Gasteiger partial charge is 0.253 e. The van der Waals surface area contributed by atoms with Gasteiger partial charge < -0.3 is 9.26 Å². The van der Waals surface area contributed by atoms with Gasteiger partial charge in [-0.1, -0.05) is 26.3 Å². The largest absolute Gasteiger partial charge is 0.372 e. The van der Waals surface area contributed by atoms with Crippen molar-refractivity contribution in [1.82, 2.24) is 5.32 Å². The zero-order valence-electron chi connectivity index (χ0n) is 14.3. The molecule has 0 spiro atoms. The Kier molecular flexibility index (Phi) is 11.3. The molecule has 1 saturated heterocycles. The van der Waals surface area contributed by atoms with Crippen LogP contribution in [0.3, 0.4) is 0 Å². The van der Waals surface area contributed by atoms with Crippen molar-refractivity contribution in [3.05, 3.63) is 11.6 Å². The van der Waals surface area contributed by atoms with Gasteiger partial charge >= 0.3 is 0 Å². The molecule has 1 aliphatic rings. The number of hydrogen-bond acceptors (Lipinski definition) is 4. The lowest BCUT2D eigenvalue weighted by atomic mass is 9.99. The lowest BCUT2D eigenvalue weighted by Gasteiger charge is -2.18. The van der Waals surface area contributed by atoms with E-state index in [0.717, 1.165) is 13.0 Å². The van der Waals surface area contributed by atoms with Gasteiger partial charge in [0.25, 0.3) is 5.91 Å². The third-order valence-electron chi connectivity index (χ3n) is 3.78. The highest BCUT2D eigenvalue weighted by molar-refractivity contribution is 7.09. The molecule has 6 heteroatoms. The lowest BCUT2D eigenvalue weighted by Crippen LogP contribution is -2.28. The third kappa shape index (κ3) is 8.62. The summed E-state index contributed by atoms with van der Waals surface area (Å²) in [5.41, 5.74) is 0.551. The van der Waals surface area contributed by atoms with Crippen molar-refractivity contribution in [2.75, 3.05) is 6.61 Å². The Labute approximate surface area is 136 Å². The van der Waals surface area contributed by atoms with Crippen LogP contribution in [0.4, 0.5) is 0 Å². The zero-order valence-corrected chi connectivity index (χ0v) is 15.5. The quantitative estimate of drug-likeness (QED) is 0.621. The van der Waals surface area contributed by atoms with Crippen molar-refractivity contribution in [1.29, 1.82) is 0 Å². The van der Waals surface area contributed by atoms with Crippen molar-refractivity contribution < 1.29 is 18.8 Å². The SMILES string of the molecule is C/C=C(/C)C(=O)NC(C)=O.CCC(C)C1CCC(COP)O1. The standard InChI is InChI=1S/C9H19O2P.C7H11NO2/c1-3-7(2)9-5-4-8(11-9)6-10-12;1-4-5(2)7(10)8-6(3)9/h7-9H,3-6,12H2,1-2H3;4H,1-3H3,(H,8,9,10)/b;5-4-. The van der Waals surface area contributed by atoms with E-state index in [4.69, 9.17) is 9.26 Å². The predicted octanol–water partition coefficient (Wildman–Crippen LogP) is 3.00. The molecule has 1 aliphatic heterocycles. The van der Waals surface area contributed by atoms with Crippen LogP contribution in [0.25, 0.3) is 0 Å². The number of allylic oxidation sites excluding steroid dienone is 1. The first-order valence-electron chi connectivity index (χ1n) is 7.77. The van der Waals surface area contributed by atoms with Gasteiger partial charge in [0.2, 0.25) is 5.91 Å². The fraction of sp³-hybridized carbons (Fsp3) is 0.750. The van der Waals surface area contributed by atoms with E-state index >= 15 is 0 Å². The van der Waals surface area contributed by atoms with Gasteiger partial charge in [0.1, 0.15) is 0 Å². The summed E-state index contributed by atoms with van der Waals surface area (Å²) in [6, 6.07) is 0. The second kappa shape index (κ2) is 11.8. The van der Waals surface area contributed by atoms with Gasteiger partial charge in [-0.2, -0.15) is 0 Å². The number of ether oxygens (including phenoxy) is 1. The van der Waals surface area contributed by atoms with Crippen LogP contribution in [0.2, 0.25) is 0 Å². The van der Waals surface area contributed by atoms with Crippen LogP contribution >= 0.6 is 9.47 Å². The number of amides is 2. The molecule has 1 heterocycles. The molecule has 0 bridgehead atoms. The fourth-order valence-corrected chi connectivity index (χ4v) is 2.25. The highest BCUT2D eigenvalue weighted by Crippen LogP contribution is 2.27. The second-order valence-electron chi connectivity index (χ2n) is 5.57. The van der Waals surface area contributed by atoms with E-state index in [1.54, 1.807) is 19.9 Å². The molecule has 4 unspecified atom stereocenters. The topological polar surface area (TPSA) is 64.6 Å². The summed E-state index contributed by atoms with van der Waals surface area (Å²) in [4.78, 5) is 21.1. The predicted molar refractivity (Wildman–Crippen MR) is 91.3 cm³/mol. The van der Waals surface area contributed by atoms with Gasteiger partial charge in [-0.25, -0.2) is 0 Å². The van der Waals surface area contributed by atoms with Gasteiger partial charge in [0.05, 0.1) is 18.8 Å². The molecule has 0 aromatic rings. The molecular weight excluding hydrogens is 301 g/mol. The second-order valence-corrected chi connectivity index (χ2v) is 5.91. The fourth-order valence-electron chi connectivity index (χ4n) is 2.03. The van der Waals surface area contributed by atoms with E-state index in [2.05, 4.69) is 28.6 Å². The highest BCUT2D eigenvalue weighted by Gasteiger charge is 2.28. The summed E-state index contributed by atoms with van der Waals surface area (Å²) in [6.45, 7) is 9.90. The molecule has 1 fully saturated rings. The monoisotopic (exact) mass is 331 g/mol. The first-order valence-corrected chi connectivity index (χ1v) is 8.24. The molecule has 1 N–H and O–H groups in total. The maximum Gasteiger partial charge on any atom is 0.253 e. The Morgan fingerprint density at radius 1 is 1.41 bits per heavy atom. The molecule has 0 radical (unpaired) electrons. The molecule has 0 aromatic heterocycles. The van der Waals surface area contributed by atoms with Crippen LogP contribution in [-0.4, -0.2) is 30.6 Å². The van der Waals surface area contributed by atoms with E-state index in [-0.39, 0.29) is 11.8 Å². The van der Waals surface area contributed by atoms with E-state index in [1.807, 2.05) is 0 Å². The Morgan fingerprint density at radius 2 is 2.05 bits per heavy atom. The maximum absolute atomic E-state index is 10.8. The lowest BCUT2D eigenvalue weighted by molar-refractivity contribution is -0.127. The summed E-state index contributed by atoms with van der Waals surface area (Å²) >= 11 is 0. The Hall–Kier alpha value is -0.770. The summed E-state index contributed by atoms with van der Waals surface area (Å²) in [6.07, 6.45) is 6.02. The molecule has 0 saturated carbocycles. The Balaban J connectivity index is 0.000000409. The van der Waals surface area contributed by atoms with Crippen molar-refractivity contribution in [3.8, 4) is 0 Å². The zero-order chi connectivity index (χ0) is 17.1. The van der Waals surface area contributed by atoms with Gasteiger partial charge in [-0.3, -0.25) is 14.9 Å². The number of rotatable bonds is 5. The summed E-state index contributed by atoms with van der Waals surface area (Å²) in [5, 5.41) is 2.15. The maximum atomic E-state index is 10.8.